The first-order chi connectivity index (χ1) is 33.0. The lowest BCUT2D eigenvalue weighted by atomic mass is 10.0. The fraction of sp³-hybridized carbons (Fsp3) is 0.623. The van der Waals surface area contributed by atoms with Gasteiger partial charge in [-0.05, 0) is 96.3 Å². The number of ether oxygens (including phenoxy) is 3. The zero-order valence-electron chi connectivity index (χ0n) is 43.1. The van der Waals surface area contributed by atoms with Crippen molar-refractivity contribution in [1.82, 2.24) is 0 Å². The van der Waals surface area contributed by atoms with Crippen LogP contribution in [-0.4, -0.2) is 37.2 Å². The first kappa shape index (κ1) is 62.8. The van der Waals surface area contributed by atoms with Crippen molar-refractivity contribution >= 4 is 17.9 Å². The molecule has 378 valence electrons. The molecule has 0 amide bonds. The van der Waals surface area contributed by atoms with Crippen LogP contribution in [0.4, 0.5) is 0 Å². The molecule has 0 bridgehead atoms. The Morgan fingerprint density at radius 1 is 0.313 bits per heavy atom. The van der Waals surface area contributed by atoms with Crippen molar-refractivity contribution in [3.8, 4) is 0 Å². The Labute approximate surface area is 412 Å². The molecule has 1 atom stereocenters. The summed E-state index contributed by atoms with van der Waals surface area (Å²) in [5.41, 5.74) is 0. The predicted octanol–water partition coefficient (Wildman–Crippen LogP) is 18.1. The predicted molar refractivity (Wildman–Crippen MR) is 288 cm³/mol. The van der Waals surface area contributed by atoms with Gasteiger partial charge in [0.1, 0.15) is 13.2 Å². The number of carbonyl (C=O) groups excluding carboxylic acids is 3. The minimum absolute atomic E-state index is 0.124. The van der Waals surface area contributed by atoms with Gasteiger partial charge in [0.15, 0.2) is 6.10 Å². The number of allylic oxidation sites excluding steroid dienone is 20. The van der Waals surface area contributed by atoms with Gasteiger partial charge in [-0.2, -0.15) is 0 Å². The molecular formula is C61H98O6. The highest BCUT2D eigenvalue weighted by Gasteiger charge is 2.19. The van der Waals surface area contributed by atoms with Crippen LogP contribution in [0.5, 0.6) is 0 Å². The molecule has 0 fully saturated rings. The summed E-state index contributed by atoms with van der Waals surface area (Å²) in [6.07, 6.45) is 74.9. The molecule has 0 aromatic rings. The van der Waals surface area contributed by atoms with E-state index in [9.17, 15) is 14.4 Å². The first-order valence-corrected chi connectivity index (χ1v) is 27.0. The SMILES string of the molecule is CC/C=C\C/C=C\C/C=C\C/C=C\C/C=C\C/C=C\CCCCC(=O)OCC(COC(=O)CC/C=C\C/C=C\C/C=C\C/C=C\CC)OC(=O)CCCCCCCCCCCCCCCCC. The van der Waals surface area contributed by atoms with Crippen LogP contribution in [0.2, 0.25) is 0 Å². The van der Waals surface area contributed by atoms with Crippen LogP contribution >= 0.6 is 0 Å². The van der Waals surface area contributed by atoms with Gasteiger partial charge in [-0.25, -0.2) is 0 Å². The summed E-state index contributed by atoms with van der Waals surface area (Å²) < 4.78 is 16.7. The average Bonchev–Trinajstić information content (AvgIpc) is 3.33. The van der Waals surface area contributed by atoms with E-state index in [-0.39, 0.29) is 44.0 Å². The van der Waals surface area contributed by atoms with Gasteiger partial charge in [0.05, 0.1) is 0 Å². The van der Waals surface area contributed by atoms with E-state index in [4.69, 9.17) is 14.2 Å². The van der Waals surface area contributed by atoms with Crippen LogP contribution in [0.25, 0.3) is 0 Å². The molecular weight excluding hydrogens is 829 g/mol. The molecule has 0 aromatic carbocycles. The lowest BCUT2D eigenvalue weighted by Gasteiger charge is -2.18. The van der Waals surface area contributed by atoms with Crippen LogP contribution in [0.3, 0.4) is 0 Å². The Balaban J connectivity index is 4.52. The maximum atomic E-state index is 12.8. The fourth-order valence-electron chi connectivity index (χ4n) is 6.99. The lowest BCUT2D eigenvalue weighted by Crippen LogP contribution is -2.30. The number of unbranched alkanes of at least 4 members (excludes halogenated alkanes) is 16. The summed E-state index contributed by atoms with van der Waals surface area (Å²) in [7, 11) is 0. The molecule has 0 aliphatic heterocycles. The Hall–Kier alpha value is -4.19. The van der Waals surface area contributed by atoms with E-state index in [0.29, 0.717) is 19.3 Å². The second-order valence-electron chi connectivity index (χ2n) is 17.4. The van der Waals surface area contributed by atoms with Gasteiger partial charge in [0.25, 0.3) is 0 Å². The maximum Gasteiger partial charge on any atom is 0.306 e. The second kappa shape index (κ2) is 54.4. The molecule has 0 saturated heterocycles. The molecule has 0 radical (unpaired) electrons. The third kappa shape index (κ3) is 52.6. The van der Waals surface area contributed by atoms with Gasteiger partial charge < -0.3 is 14.2 Å². The zero-order valence-corrected chi connectivity index (χ0v) is 43.1. The Bertz CT molecular complexity index is 1440. The summed E-state index contributed by atoms with van der Waals surface area (Å²) in [4.78, 5) is 38.0. The van der Waals surface area contributed by atoms with Crippen molar-refractivity contribution < 1.29 is 28.6 Å². The Kier molecular flexibility index (Phi) is 51.0. The van der Waals surface area contributed by atoms with Crippen molar-refractivity contribution in [2.24, 2.45) is 0 Å². The highest BCUT2D eigenvalue weighted by Crippen LogP contribution is 2.15. The molecule has 0 saturated carbocycles. The summed E-state index contributed by atoms with van der Waals surface area (Å²) in [5.74, 6) is -1.05. The van der Waals surface area contributed by atoms with E-state index in [2.05, 4.69) is 130 Å². The van der Waals surface area contributed by atoms with Gasteiger partial charge in [-0.3, -0.25) is 14.4 Å². The number of hydrogen-bond donors (Lipinski definition) is 0. The number of rotatable bonds is 47. The Morgan fingerprint density at radius 3 is 1.00 bits per heavy atom. The molecule has 6 nitrogen and oxygen atoms in total. The molecule has 1 unspecified atom stereocenters. The highest BCUT2D eigenvalue weighted by atomic mass is 16.6. The standard InChI is InChI=1S/C61H98O6/c1-4-7-10-13-16-19-22-25-27-28-29-30-31-32-34-36-39-42-45-48-51-54-60(63)66-57-58(56-65-59(62)53-50-47-44-41-38-35-24-21-18-15-12-9-6-3)67-61(64)55-52-49-46-43-40-37-33-26-23-20-17-14-11-8-5-2/h7,9-10,12,16,18-19,21,25,27,29-30,32,34-35,38-39,42,44,47,58H,4-6,8,11,13-15,17,20,22-24,26,28,31,33,36-37,40-41,43,45-46,48-57H2,1-3H3/b10-7-,12-9-,19-16-,21-18-,27-25-,30-29-,34-32-,38-35-,42-39-,47-44-. The molecule has 0 N–H and O–H groups in total. The minimum atomic E-state index is -0.826. The number of carbonyl (C=O) groups is 3. The molecule has 0 aromatic heterocycles. The largest absolute Gasteiger partial charge is 0.462 e. The molecule has 0 aliphatic carbocycles. The fourth-order valence-corrected chi connectivity index (χ4v) is 6.99. The third-order valence-corrected chi connectivity index (χ3v) is 11.0. The van der Waals surface area contributed by atoms with Crippen LogP contribution in [0.15, 0.2) is 122 Å². The van der Waals surface area contributed by atoms with E-state index in [1.165, 1.54) is 77.0 Å². The highest BCUT2D eigenvalue weighted by molar-refractivity contribution is 5.71. The maximum absolute atomic E-state index is 12.8. The smallest absolute Gasteiger partial charge is 0.306 e. The Morgan fingerprint density at radius 2 is 0.612 bits per heavy atom. The van der Waals surface area contributed by atoms with Gasteiger partial charge in [0.2, 0.25) is 0 Å². The van der Waals surface area contributed by atoms with E-state index in [1.807, 2.05) is 12.2 Å². The van der Waals surface area contributed by atoms with Crippen LogP contribution in [0.1, 0.15) is 226 Å². The third-order valence-electron chi connectivity index (χ3n) is 11.0. The first-order valence-electron chi connectivity index (χ1n) is 27.0. The molecule has 67 heavy (non-hydrogen) atoms. The van der Waals surface area contributed by atoms with Crippen molar-refractivity contribution in [3.05, 3.63) is 122 Å². The van der Waals surface area contributed by atoms with Gasteiger partial charge in [-0.1, -0.05) is 232 Å². The van der Waals surface area contributed by atoms with E-state index in [1.54, 1.807) is 0 Å². The van der Waals surface area contributed by atoms with Crippen molar-refractivity contribution in [2.75, 3.05) is 13.2 Å². The van der Waals surface area contributed by atoms with Crippen molar-refractivity contribution in [1.29, 1.82) is 0 Å². The normalized spacial score (nSPS) is 13.1. The van der Waals surface area contributed by atoms with Crippen molar-refractivity contribution in [3.63, 3.8) is 0 Å². The molecule has 0 rings (SSSR count). The molecule has 6 heteroatoms. The van der Waals surface area contributed by atoms with Crippen LogP contribution in [0, 0.1) is 0 Å². The van der Waals surface area contributed by atoms with Gasteiger partial charge >= 0.3 is 17.9 Å². The van der Waals surface area contributed by atoms with Crippen molar-refractivity contribution in [2.45, 2.75) is 232 Å². The average molecular weight is 927 g/mol. The monoisotopic (exact) mass is 927 g/mol. The topological polar surface area (TPSA) is 78.9 Å². The number of esters is 3. The van der Waals surface area contributed by atoms with Crippen LogP contribution < -0.4 is 0 Å². The molecule has 0 heterocycles. The quantitative estimate of drug-likeness (QED) is 0.0262. The number of hydrogen-bond acceptors (Lipinski definition) is 6. The summed E-state index contributed by atoms with van der Waals surface area (Å²) >= 11 is 0. The summed E-state index contributed by atoms with van der Waals surface area (Å²) in [5, 5.41) is 0. The lowest BCUT2D eigenvalue weighted by molar-refractivity contribution is -0.166. The van der Waals surface area contributed by atoms with Crippen LogP contribution in [-0.2, 0) is 28.6 Å². The zero-order chi connectivity index (χ0) is 48.6. The van der Waals surface area contributed by atoms with Gasteiger partial charge in [0, 0.05) is 19.3 Å². The minimum Gasteiger partial charge on any atom is -0.462 e. The second-order valence-corrected chi connectivity index (χ2v) is 17.4. The summed E-state index contributed by atoms with van der Waals surface area (Å²) in [6, 6.07) is 0. The van der Waals surface area contributed by atoms with E-state index >= 15 is 0 Å². The van der Waals surface area contributed by atoms with E-state index in [0.717, 1.165) is 96.3 Å². The van der Waals surface area contributed by atoms with E-state index < -0.39 is 6.10 Å². The summed E-state index contributed by atoms with van der Waals surface area (Å²) in [6.45, 7) is 6.30. The molecule has 0 aliphatic rings. The molecule has 0 spiro atoms. The van der Waals surface area contributed by atoms with Gasteiger partial charge in [-0.15, -0.1) is 0 Å².